The van der Waals surface area contributed by atoms with E-state index in [1.807, 2.05) is 0 Å². The molecule has 0 heterocycles. The van der Waals surface area contributed by atoms with E-state index in [0.717, 1.165) is 0 Å². The van der Waals surface area contributed by atoms with Crippen LogP contribution >= 0.6 is 23.2 Å². The summed E-state index contributed by atoms with van der Waals surface area (Å²) in [5, 5.41) is 9.20. The summed E-state index contributed by atoms with van der Waals surface area (Å²) >= 11 is 11.9. The Labute approximate surface area is 184 Å². The molecule has 0 aliphatic rings. The van der Waals surface area contributed by atoms with E-state index in [-0.39, 0.29) is 5.91 Å². The molecular weight excluding hydrogens is 425 g/mol. The van der Waals surface area contributed by atoms with Crippen molar-refractivity contribution in [3.8, 4) is 5.75 Å². The second kappa shape index (κ2) is 10.0. The fourth-order valence-electron chi connectivity index (χ4n) is 2.49. The average molecular weight is 444 g/mol. The van der Waals surface area contributed by atoms with Crippen molar-refractivity contribution < 1.29 is 14.3 Å². The summed E-state index contributed by atoms with van der Waals surface area (Å²) in [7, 11) is 0. The minimum atomic E-state index is -0.743. The van der Waals surface area contributed by atoms with Gasteiger partial charge < -0.3 is 20.7 Å². The second-order valence-corrected chi connectivity index (χ2v) is 7.19. The summed E-state index contributed by atoms with van der Waals surface area (Å²) in [6.45, 7) is 1.63. The molecule has 0 saturated heterocycles. The number of carbonyl (C=O) groups excluding carboxylic acids is 2. The van der Waals surface area contributed by atoms with Gasteiger partial charge in [0.25, 0.3) is 5.91 Å². The molecule has 1 atom stereocenters. The minimum absolute atomic E-state index is 0.323. The van der Waals surface area contributed by atoms with Gasteiger partial charge >= 0.3 is 6.03 Å². The number of ether oxygens (including phenoxy) is 1. The van der Waals surface area contributed by atoms with Crippen molar-refractivity contribution in [2.45, 2.75) is 13.0 Å². The highest BCUT2D eigenvalue weighted by Gasteiger charge is 2.16. The van der Waals surface area contributed by atoms with Gasteiger partial charge in [-0.1, -0.05) is 35.3 Å². The van der Waals surface area contributed by atoms with Crippen molar-refractivity contribution in [3.63, 3.8) is 0 Å². The molecule has 0 radical (unpaired) electrons. The maximum Gasteiger partial charge on any atom is 0.323 e. The number of hydrogen-bond donors (Lipinski definition) is 3. The van der Waals surface area contributed by atoms with Crippen LogP contribution in [0.15, 0.2) is 72.8 Å². The Morgan fingerprint density at radius 2 is 1.27 bits per heavy atom. The van der Waals surface area contributed by atoms with Crippen molar-refractivity contribution in [2.75, 3.05) is 16.0 Å². The van der Waals surface area contributed by atoms with Crippen LogP contribution in [0.5, 0.6) is 5.75 Å². The van der Waals surface area contributed by atoms with Crippen LogP contribution in [0, 0.1) is 0 Å². The number of halogens is 2. The van der Waals surface area contributed by atoms with Gasteiger partial charge in [0.2, 0.25) is 0 Å². The maximum absolute atomic E-state index is 12.3. The van der Waals surface area contributed by atoms with Crippen LogP contribution in [-0.2, 0) is 4.79 Å². The molecule has 1 unspecified atom stereocenters. The minimum Gasteiger partial charge on any atom is -0.479 e. The topological polar surface area (TPSA) is 79.5 Å². The van der Waals surface area contributed by atoms with E-state index in [9.17, 15) is 9.59 Å². The number of hydrogen-bond acceptors (Lipinski definition) is 3. The molecule has 30 heavy (non-hydrogen) atoms. The van der Waals surface area contributed by atoms with E-state index in [1.54, 1.807) is 79.7 Å². The molecule has 0 aliphatic heterocycles. The molecule has 0 spiro atoms. The van der Waals surface area contributed by atoms with Crippen LogP contribution in [0.3, 0.4) is 0 Å². The Bertz CT molecular complexity index is 1020. The SMILES string of the molecule is CC(Oc1ccccc1Cl)C(=O)Nc1ccc(NC(=O)Nc2ccc(Cl)cc2)cc1. The zero-order valence-corrected chi connectivity index (χ0v) is 17.5. The average Bonchev–Trinajstić information content (AvgIpc) is 2.73. The van der Waals surface area contributed by atoms with E-state index < -0.39 is 12.1 Å². The van der Waals surface area contributed by atoms with Crippen LogP contribution < -0.4 is 20.7 Å². The molecule has 3 amide bonds. The zero-order chi connectivity index (χ0) is 21.5. The predicted octanol–water partition coefficient (Wildman–Crippen LogP) is 6.04. The molecule has 0 saturated carbocycles. The first kappa shape index (κ1) is 21.5. The third-order valence-electron chi connectivity index (χ3n) is 4.02. The van der Waals surface area contributed by atoms with Gasteiger partial charge in [0.05, 0.1) is 5.02 Å². The standard InChI is InChI=1S/C22H19Cl2N3O3/c1-14(30-20-5-3-2-4-19(20)24)21(28)25-16-10-12-18(13-11-16)27-22(29)26-17-8-6-15(23)7-9-17/h2-14H,1H3,(H,25,28)(H2,26,27,29). The van der Waals surface area contributed by atoms with E-state index in [0.29, 0.717) is 32.9 Å². The number of para-hydroxylation sites is 1. The summed E-state index contributed by atoms with van der Waals surface area (Å²) in [4.78, 5) is 24.4. The maximum atomic E-state index is 12.3. The van der Waals surface area contributed by atoms with E-state index in [2.05, 4.69) is 16.0 Å². The number of benzene rings is 3. The molecule has 0 aliphatic carbocycles. The normalized spacial score (nSPS) is 11.3. The predicted molar refractivity (Wildman–Crippen MR) is 121 cm³/mol. The van der Waals surface area contributed by atoms with E-state index in [4.69, 9.17) is 27.9 Å². The largest absolute Gasteiger partial charge is 0.479 e. The third-order valence-corrected chi connectivity index (χ3v) is 4.59. The Morgan fingerprint density at radius 1 is 0.767 bits per heavy atom. The number of anilines is 3. The Morgan fingerprint density at radius 3 is 1.83 bits per heavy atom. The van der Waals surface area contributed by atoms with Gasteiger partial charge in [-0.25, -0.2) is 4.79 Å². The Kier molecular flexibility index (Phi) is 7.17. The summed E-state index contributed by atoms with van der Waals surface area (Å²) in [5.41, 5.74) is 1.76. The fourth-order valence-corrected chi connectivity index (χ4v) is 2.80. The number of nitrogens with one attached hydrogen (secondary N) is 3. The first-order valence-corrected chi connectivity index (χ1v) is 9.82. The zero-order valence-electron chi connectivity index (χ0n) is 16.0. The van der Waals surface area contributed by atoms with Crippen molar-refractivity contribution in [1.82, 2.24) is 0 Å². The number of rotatable bonds is 6. The molecule has 154 valence electrons. The van der Waals surface area contributed by atoms with Crippen molar-refractivity contribution in [1.29, 1.82) is 0 Å². The molecule has 0 bridgehead atoms. The van der Waals surface area contributed by atoms with Gasteiger partial charge in [0.15, 0.2) is 6.10 Å². The van der Waals surface area contributed by atoms with Gasteiger partial charge in [0, 0.05) is 22.1 Å². The van der Waals surface area contributed by atoms with Crippen molar-refractivity contribution in [3.05, 3.63) is 82.8 Å². The summed E-state index contributed by atoms with van der Waals surface area (Å²) in [6, 6.07) is 20.0. The number of urea groups is 1. The lowest BCUT2D eigenvalue weighted by Gasteiger charge is -2.16. The third kappa shape index (κ3) is 6.14. The van der Waals surface area contributed by atoms with Crippen LogP contribution in [0.25, 0.3) is 0 Å². The van der Waals surface area contributed by atoms with E-state index in [1.165, 1.54) is 0 Å². The quantitative estimate of drug-likeness (QED) is 0.434. The molecule has 3 rings (SSSR count). The van der Waals surface area contributed by atoms with Crippen LogP contribution in [0.4, 0.5) is 21.9 Å². The first-order chi connectivity index (χ1) is 14.4. The lowest BCUT2D eigenvalue weighted by Crippen LogP contribution is -2.30. The summed E-state index contributed by atoms with van der Waals surface area (Å²) in [5.74, 6) is 0.115. The second-order valence-electron chi connectivity index (χ2n) is 6.34. The monoisotopic (exact) mass is 443 g/mol. The Balaban J connectivity index is 1.52. The summed E-state index contributed by atoms with van der Waals surface area (Å²) in [6.07, 6.45) is -0.743. The van der Waals surface area contributed by atoms with Gasteiger partial charge in [-0.3, -0.25) is 4.79 Å². The fraction of sp³-hybridized carbons (Fsp3) is 0.0909. The lowest BCUT2D eigenvalue weighted by molar-refractivity contribution is -0.122. The molecule has 3 N–H and O–H groups in total. The molecule has 6 nitrogen and oxygen atoms in total. The highest BCUT2D eigenvalue weighted by atomic mass is 35.5. The summed E-state index contributed by atoms with van der Waals surface area (Å²) < 4.78 is 5.60. The molecule has 3 aromatic carbocycles. The molecule has 0 fully saturated rings. The lowest BCUT2D eigenvalue weighted by atomic mass is 10.2. The number of carbonyl (C=O) groups is 2. The van der Waals surface area contributed by atoms with Crippen molar-refractivity contribution >= 4 is 52.2 Å². The van der Waals surface area contributed by atoms with Gasteiger partial charge in [-0.2, -0.15) is 0 Å². The smallest absolute Gasteiger partial charge is 0.323 e. The first-order valence-electron chi connectivity index (χ1n) is 9.06. The highest BCUT2D eigenvalue weighted by molar-refractivity contribution is 6.32. The van der Waals surface area contributed by atoms with Gasteiger partial charge in [-0.15, -0.1) is 0 Å². The van der Waals surface area contributed by atoms with Gasteiger partial charge in [-0.05, 0) is 67.6 Å². The molecule has 8 heteroatoms. The molecule has 3 aromatic rings. The van der Waals surface area contributed by atoms with Gasteiger partial charge in [0.1, 0.15) is 5.75 Å². The number of amides is 3. The highest BCUT2D eigenvalue weighted by Crippen LogP contribution is 2.24. The molecule has 0 aromatic heterocycles. The van der Waals surface area contributed by atoms with Crippen molar-refractivity contribution in [2.24, 2.45) is 0 Å². The van der Waals surface area contributed by atoms with E-state index >= 15 is 0 Å². The Hall–Kier alpha value is -3.22. The van der Waals surface area contributed by atoms with Crippen LogP contribution in [-0.4, -0.2) is 18.0 Å². The van der Waals surface area contributed by atoms with Crippen LogP contribution in [0.2, 0.25) is 10.0 Å². The van der Waals surface area contributed by atoms with Crippen LogP contribution in [0.1, 0.15) is 6.92 Å². The molecular formula is C22H19Cl2N3O3.